The van der Waals surface area contributed by atoms with E-state index >= 15 is 8.78 Å². The molecular formula is C34H31ClF2N4O3. The van der Waals surface area contributed by atoms with Crippen LogP contribution in [-0.4, -0.2) is 49.3 Å². The minimum Gasteiger partial charge on any atom is -0.360 e. The number of hydrogen-bond acceptors (Lipinski definition) is 5. The van der Waals surface area contributed by atoms with Crippen molar-refractivity contribution in [2.45, 2.75) is 39.0 Å². The van der Waals surface area contributed by atoms with Gasteiger partial charge in [0.2, 0.25) is 11.8 Å². The maximum atomic E-state index is 15.0. The summed E-state index contributed by atoms with van der Waals surface area (Å²) in [6.45, 7) is 6.36. The Labute approximate surface area is 259 Å². The number of benzene rings is 3. The molecule has 226 valence electrons. The summed E-state index contributed by atoms with van der Waals surface area (Å²) >= 11 is 5.52. The number of ketones is 1. The molecule has 0 fully saturated rings. The number of carbonyl (C=O) groups excluding carboxylic acids is 3. The zero-order chi connectivity index (χ0) is 31.4. The molecule has 3 aliphatic rings. The minimum atomic E-state index is -1.07. The van der Waals surface area contributed by atoms with Gasteiger partial charge in [-0.2, -0.15) is 0 Å². The number of halogens is 3. The third kappa shape index (κ3) is 4.70. The highest BCUT2D eigenvalue weighted by atomic mass is 35.5. The smallest absolute Gasteiger partial charge is 0.248 e. The van der Waals surface area contributed by atoms with Crippen LogP contribution < -0.4 is 15.1 Å². The Kier molecular flexibility index (Phi) is 7.61. The molecule has 0 saturated heterocycles. The number of likely N-dealkylation sites (N-methyl/N-ethyl adjacent to an activating group) is 1. The normalized spacial score (nSPS) is 18.5. The first kappa shape index (κ1) is 29.7. The second-order valence-electron chi connectivity index (χ2n) is 11.4. The van der Waals surface area contributed by atoms with Gasteiger partial charge in [-0.05, 0) is 49.1 Å². The van der Waals surface area contributed by atoms with Crippen LogP contribution in [0.5, 0.6) is 0 Å². The molecule has 0 radical (unpaired) electrons. The van der Waals surface area contributed by atoms with E-state index in [2.05, 4.69) is 18.3 Å². The van der Waals surface area contributed by atoms with Crippen molar-refractivity contribution in [3.05, 3.63) is 82.4 Å². The third-order valence-electron chi connectivity index (χ3n) is 8.79. The van der Waals surface area contributed by atoms with Crippen molar-refractivity contribution in [3.8, 4) is 11.1 Å². The molecule has 2 amide bonds. The fourth-order valence-corrected chi connectivity index (χ4v) is 6.87. The molecule has 3 heterocycles. The van der Waals surface area contributed by atoms with Gasteiger partial charge in [-0.3, -0.25) is 19.4 Å². The lowest BCUT2D eigenvalue weighted by Crippen LogP contribution is -2.40. The summed E-state index contributed by atoms with van der Waals surface area (Å²) in [7, 11) is 1.76. The van der Waals surface area contributed by atoms with E-state index in [-0.39, 0.29) is 36.4 Å². The number of amides is 2. The highest BCUT2D eigenvalue weighted by Gasteiger charge is 2.41. The highest BCUT2D eigenvalue weighted by molar-refractivity contribution is 6.19. The van der Waals surface area contributed by atoms with Gasteiger partial charge >= 0.3 is 0 Å². The van der Waals surface area contributed by atoms with E-state index in [4.69, 9.17) is 16.6 Å². The predicted molar refractivity (Wildman–Crippen MR) is 170 cm³/mol. The third-order valence-corrected chi connectivity index (χ3v) is 8.97. The van der Waals surface area contributed by atoms with E-state index in [1.807, 2.05) is 36.9 Å². The number of aryl methyl sites for hydroxylation is 1. The number of nitrogens with zero attached hydrogens (tertiary/aromatic N) is 3. The van der Waals surface area contributed by atoms with E-state index in [0.29, 0.717) is 5.56 Å². The average molecular weight is 617 g/mol. The van der Waals surface area contributed by atoms with Crippen LogP contribution in [0, 0.1) is 18.6 Å². The van der Waals surface area contributed by atoms with Gasteiger partial charge in [0.25, 0.3) is 0 Å². The zero-order valence-electron chi connectivity index (χ0n) is 24.8. The molecule has 0 aliphatic carbocycles. The van der Waals surface area contributed by atoms with E-state index in [9.17, 15) is 14.4 Å². The number of aliphatic imine (C=N–C) groups is 1. The molecule has 0 spiro atoms. The number of para-hydroxylation sites is 1. The summed E-state index contributed by atoms with van der Waals surface area (Å²) in [5.41, 5.74) is 7.06. The molecule has 3 aliphatic heterocycles. The molecule has 1 unspecified atom stereocenters. The number of fused-ring (bicyclic) bond motifs is 4. The van der Waals surface area contributed by atoms with Crippen LogP contribution in [0.3, 0.4) is 0 Å². The van der Waals surface area contributed by atoms with E-state index in [0.717, 1.165) is 69.7 Å². The lowest BCUT2D eigenvalue weighted by molar-refractivity contribution is -0.117. The molecule has 0 aromatic heterocycles. The summed E-state index contributed by atoms with van der Waals surface area (Å²) in [5, 5.41) is 2.16. The van der Waals surface area contributed by atoms with Crippen molar-refractivity contribution in [1.82, 2.24) is 0 Å². The monoisotopic (exact) mass is 616 g/mol. The first-order valence-electron chi connectivity index (χ1n) is 14.5. The largest absolute Gasteiger partial charge is 0.360 e. The van der Waals surface area contributed by atoms with Gasteiger partial charge in [-0.1, -0.05) is 37.3 Å². The molecule has 0 saturated carbocycles. The summed E-state index contributed by atoms with van der Waals surface area (Å²) in [5.74, 6) is -4.04. The van der Waals surface area contributed by atoms with Crippen molar-refractivity contribution in [2.24, 2.45) is 4.99 Å². The Morgan fingerprint density at radius 2 is 1.84 bits per heavy atom. The lowest BCUT2D eigenvalue weighted by Gasteiger charge is -2.32. The van der Waals surface area contributed by atoms with Crippen molar-refractivity contribution < 1.29 is 23.2 Å². The second-order valence-corrected chi connectivity index (χ2v) is 11.7. The van der Waals surface area contributed by atoms with Gasteiger partial charge in [0, 0.05) is 59.6 Å². The number of nitrogens with one attached hydrogen (secondary N) is 1. The van der Waals surface area contributed by atoms with Gasteiger partial charge in [-0.15, -0.1) is 11.6 Å². The fraction of sp³-hybridized carbons (Fsp3) is 0.294. The van der Waals surface area contributed by atoms with Crippen LogP contribution in [0.15, 0.2) is 53.5 Å². The Balaban J connectivity index is 1.44. The zero-order valence-corrected chi connectivity index (χ0v) is 25.6. The molecule has 3 aromatic carbocycles. The van der Waals surface area contributed by atoms with E-state index in [1.165, 1.54) is 6.08 Å². The van der Waals surface area contributed by atoms with Gasteiger partial charge in [0.05, 0.1) is 23.8 Å². The van der Waals surface area contributed by atoms with E-state index in [1.54, 1.807) is 11.9 Å². The van der Waals surface area contributed by atoms with Crippen LogP contribution in [0.1, 0.15) is 59.2 Å². The summed E-state index contributed by atoms with van der Waals surface area (Å²) < 4.78 is 30.1. The molecule has 7 nitrogen and oxygen atoms in total. The molecule has 2 atom stereocenters. The van der Waals surface area contributed by atoms with Gasteiger partial charge in [0.1, 0.15) is 17.3 Å². The second kappa shape index (κ2) is 11.3. The molecule has 6 rings (SSSR count). The standard InChI is InChI=1S/C34H31ClF2N4O3/c1-5-20-18(3)38-30-23(20)12-17(2)29-22-9-6-8-21-24(15-41(32(21)22)16-28(43)40(4)33(29)30)34(44)19-13-25(36)31(26(37)14-19)39-27(42)10-7-11-35/h6-10,12-14,20,24H,5,11,15-16H2,1-4H3,(H,39,42)/b10-7+/t20-,24?/m0/s1. The Morgan fingerprint density at radius 3 is 2.52 bits per heavy atom. The highest BCUT2D eigenvalue weighted by Crippen LogP contribution is 2.54. The Morgan fingerprint density at radius 1 is 1.11 bits per heavy atom. The predicted octanol–water partition coefficient (Wildman–Crippen LogP) is 7.04. The molecule has 1 N–H and O–H groups in total. The Hall–Kier alpha value is -4.37. The molecule has 3 aromatic rings. The number of allylic oxidation sites excluding steroid dienone is 1. The summed E-state index contributed by atoms with van der Waals surface area (Å²) in [4.78, 5) is 48.1. The number of hydrogen-bond donors (Lipinski definition) is 1. The van der Waals surface area contributed by atoms with Crippen molar-refractivity contribution in [2.75, 3.05) is 41.1 Å². The van der Waals surface area contributed by atoms with Crippen LogP contribution in [0.4, 0.5) is 31.5 Å². The summed E-state index contributed by atoms with van der Waals surface area (Å²) in [6, 6.07) is 9.71. The molecule has 44 heavy (non-hydrogen) atoms. The number of rotatable bonds is 6. The first-order valence-corrected chi connectivity index (χ1v) is 15.0. The minimum absolute atomic E-state index is 0.0237. The van der Waals surface area contributed by atoms with Crippen LogP contribution in [0.25, 0.3) is 11.1 Å². The van der Waals surface area contributed by atoms with Gasteiger partial charge < -0.3 is 15.1 Å². The summed E-state index contributed by atoms with van der Waals surface area (Å²) in [6.07, 6.45) is 3.31. The van der Waals surface area contributed by atoms with Gasteiger partial charge in [0.15, 0.2) is 5.78 Å². The quantitative estimate of drug-likeness (QED) is 0.183. The van der Waals surface area contributed by atoms with Crippen LogP contribution >= 0.6 is 11.6 Å². The molecule has 10 heteroatoms. The number of Topliss-reactive ketones (excluding diaryl/α,β-unsaturated/α-hetero) is 1. The Bertz CT molecular complexity index is 1800. The number of anilines is 3. The number of carbonyl (C=O) groups is 3. The maximum absolute atomic E-state index is 15.0. The molecule has 0 bridgehead atoms. The van der Waals surface area contributed by atoms with Crippen molar-refractivity contribution in [1.29, 1.82) is 0 Å². The number of alkyl halides is 1. The van der Waals surface area contributed by atoms with Crippen LogP contribution in [0.2, 0.25) is 0 Å². The van der Waals surface area contributed by atoms with E-state index < -0.39 is 34.9 Å². The lowest BCUT2D eigenvalue weighted by atomic mass is 9.85. The van der Waals surface area contributed by atoms with Crippen molar-refractivity contribution in [3.63, 3.8) is 0 Å². The molecular weight excluding hydrogens is 586 g/mol. The van der Waals surface area contributed by atoms with Gasteiger partial charge in [-0.25, -0.2) is 8.78 Å². The SMILES string of the molecule is CC[C@H]1C(C)=Nc2c1cc(C)c1c2N(C)C(=O)CN2CC(C(=O)c3cc(F)c(NC(=O)/C=C/CCl)c(F)c3)c3cccc-1c32. The topological polar surface area (TPSA) is 82.1 Å². The fourth-order valence-electron chi connectivity index (χ4n) is 6.78. The van der Waals surface area contributed by atoms with Crippen molar-refractivity contribution >= 4 is 57.7 Å². The first-order chi connectivity index (χ1) is 21.0. The average Bonchev–Trinajstić information content (AvgIpc) is 3.51. The van der Waals surface area contributed by atoms with Crippen LogP contribution in [-0.2, 0) is 9.59 Å². The maximum Gasteiger partial charge on any atom is 0.248 e.